The number of hydrogen-bond acceptors (Lipinski definition) is 2. The Morgan fingerprint density at radius 2 is 1.80 bits per heavy atom. The van der Waals surface area contributed by atoms with E-state index in [9.17, 15) is 0 Å². The van der Waals surface area contributed by atoms with E-state index in [1.807, 2.05) is 42.5 Å². The third kappa shape index (κ3) is 2.56. The number of fused-ring (bicyclic) bond motifs is 2. The average molecular weight is 288 g/mol. The van der Waals surface area contributed by atoms with Crippen LogP contribution < -0.4 is 4.74 Å². The summed E-state index contributed by atoms with van der Waals surface area (Å²) in [5.74, 6) is 1.88. The molecule has 1 aliphatic rings. The Kier molecular flexibility index (Phi) is 4.15. The van der Waals surface area contributed by atoms with Crippen LogP contribution >= 0.6 is 11.6 Å². The molecular formula is C17H18ClNO. The lowest BCUT2D eigenvalue weighted by Crippen LogP contribution is -2.09. The maximum atomic E-state index is 6.10. The van der Waals surface area contributed by atoms with Crippen LogP contribution in [0.5, 0.6) is 11.5 Å². The van der Waals surface area contributed by atoms with Gasteiger partial charge in [0.25, 0.3) is 0 Å². The number of halogens is 1. The van der Waals surface area contributed by atoms with Gasteiger partial charge in [-0.05, 0) is 36.2 Å². The van der Waals surface area contributed by atoms with Crippen molar-refractivity contribution in [1.29, 1.82) is 0 Å². The highest BCUT2D eigenvalue weighted by Gasteiger charge is 2.20. The first kappa shape index (κ1) is 14.6. The van der Waals surface area contributed by atoms with Gasteiger partial charge in [-0.25, -0.2) is 4.99 Å². The zero-order valence-electron chi connectivity index (χ0n) is 10.9. The molecule has 0 fully saturated rings. The van der Waals surface area contributed by atoms with Crippen molar-refractivity contribution >= 4 is 23.0 Å². The second kappa shape index (κ2) is 5.68. The molecule has 2 aromatic rings. The van der Waals surface area contributed by atoms with Crippen molar-refractivity contribution in [1.82, 2.24) is 0 Å². The number of benzene rings is 2. The van der Waals surface area contributed by atoms with Crippen LogP contribution in [0.1, 0.15) is 26.8 Å². The molecule has 1 aliphatic heterocycles. The smallest absolute Gasteiger partial charge is 0.153 e. The highest BCUT2D eigenvalue weighted by Crippen LogP contribution is 2.39. The molecule has 0 unspecified atom stereocenters. The molecule has 2 nitrogen and oxygen atoms in total. The molecule has 0 amide bonds. The summed E-state index contributed by atoms with van der Waals surface area (Å²) >= 11 is 6.10. The summed E-state index contributed by atoms with van der Waals surface area (Å²) in [7, 11) is 0. The van der Waals surface area contributed by atoms with Crippen molar-refractivity contribution < 1.29 is 4.74 Å². The van der Waals surface area contributed by atoms with Gasteiger partial charge in [-0.15, -0.1) is 0 Å². The Morgan fingerprint density at radius 3 is 2.55 bits per heavy atom. The van der Waals surface area contributed by atoms with Crippen molar-refractivity contribution in [2.24, 2.45) is 10.9 Å². The summed E-state index contributed by atoms with van der Waals surface area (Å²) in [5.41, 5.74) is 2.83. The van der Waals surface area contributed by atoms with Gasteiger partial charge in [0.2, 0.25) is 0 Å². The Bertz CT molecular complexity index is 662. The fraction of sp³-hybridized carbons (Fsp3) is 0.235. The number of ether oxygens (including phenoxy) is 1. The molecule has 3 rings (SSSR count). The molecule has 0 bridgehead atoms. The molecule has 3 heteroatoms. The molecule has 0 atom stereocenters. The van der Waals surface area contributed by atoms with Crippen LogP contribution in [-0.4, -0.2) is 5.71 Å². The van der Waals surface area contributed by atoms with Crippen molar-refractivity contribution in [3.8, 4) is 11.5 Å². The van der Waals surface area contributed by atoms with Gasteiger partial charge in [-0.3, -0.25) is 0 Å². The minimum atomic E-state index is 0. The van der Waals surface area contributed by atoms with Crippen LogP contribution in [0.3, 0.4) is 0 Å². The topological polar surface area (TPSA) is 21.6 Å². The Morgan fingerprint density at radius 1 is 1.05 bits per heavy atom. The number of hydrogen-bond donors (Lipinski definition) is 0. The second-order valence-electron chi connectivity index (χ2n) is 4.86. The van der Waals surface area contributed by atoms with E-state index in [1.54, 1.807) is 0 Å². The van der Waals surface area contributed by atoms with Gasteiger partial charge in [0.15, 0.2) is 5.75 Å². The number of nitrogens with zero attached hydrogens (tertiary/aromatic N) is 1. The fourth-order valence-corrected chi connectivity index (χ4v) is 2.35. The van der Waals surface area contributed by atoms with E-state index in [0.29, 0.717) is 10.9 Å². The summed E-state index contributed by atoms with van der Waals surface area (Å²) in [6, 6.07) is 13.5. The predicted octanol–water partition coefficient (Wildman–Crippen LogP) is 5.86. The van der Waals surface area contributed by atoms with E-state index in [-0.39, 0.29) is 7.43 Å². The molecule has 0 aliphatic carbocycles. The first-order valence-corrected chi connectivity index (χ1v) is 6.68. The first-order valence-electron chi connectivity index (χ1n) is 6.30. The van der Waals surface area contributed by atoms with Gasteiger partial charge >= 0.3 is 0 Å². The van der Waals surface area contributed by atoms with Crippen LogP contribution in [0, 0.1) is 5.92 Å². The van der Waals surface area contributed by atoms with Crippen LogP contribution in [0.4, 0.5) is 5.69 Å². The molecule has 0 saturated heterocycles. The van der Waals surface area contributed by atoms with Crippen LogP contribution in [0.25, 0.3) is 0 Å². The van der Waals surface area contributed by atoms with E-state index in [4.69, 9.17) is 21.3 Å². The maximum absolute atomic E-state index is 6.10. The van der Waals surface area contributed by atoms with E-state index in [0.717, 1.165) is 28.5 Å². The zero-order chi connectivity index (χ0) is 13.4. The summed E-state index contributed by atoms with van der Waals surface area (Å²) in [6.45, 7) is 4.24. The normalized spacial score (nSPS) is 12.5. The molecule has 20 heavy (non-hydrogen) atoms. The van der Waals surface area contributed by atoms with Gasteiger partial charge in [-0.2, -0.15) is 0 Å². The van der Waals surface area contributed by atoms with Gasteiger partial charge in [0.1, 0.15) is 11.4 Å². The Balaban J connectivity index is 0.00000147. The molecule has 0 N–H and O–H groups in total. The molecule has 1 heterocycles. The maximum Gasteiger partial charge on any atom is 0.153 e. The van der Waals surface area contributed by atoms with Crippen LogP contribution in [0.2, 0.25) is 5.02 Å². The lowest BCUT2D eigenvalue weighted by molar-refractivity contribution is 0.484. The molecular weight excluding hydrogens is 270 g/mol. The molecule has 0 radical (unpaired) electrons. The summed E-state index contributed by atoms with van der Waals surface area (Å²) in [5, 5.41) is 0.696. The first-order chi connectivity index (χ1) is 9.15. The zero-order valence-corrected chi connectivity index (χ0v) is 11.6. The number of rotatable bonds is 1. The highest BCUT2D eigenvalue weighted by atomic mass is 35.5. The SMILES string of the molecule is C.CC(C)C1=Nc2ccccc2Oc2ccc(Cl)cc21. The quantitative estimate of drug-likeness (QED) is 0.644. The van der Waals surface area contributed by atoms with Gasteiger partial charge in [-0.1, -0.05) is 45.0 Å². The number of para-hydroxylation sites is 2. The van der Waals surface area contributed by atoms with Gasteiger partial charge < -0.3 is 4.74 Å². The van der Waals surface area contributed by atoms with Crippen LogP contribution in [-0.2, 0) is 0 Å². The van der Waals surface area contributed by atoms with Gasteiger partial charge in [0.05, 0.1) is 5.71 Å². The van der Waals surface area contributed by atoms with Crippen LogP contribution in [0.15, 0.2) is 47.5 Å². The fourth-order valence-electron chi connectivity index (χ4n) is 2.18. The molecule has 2 aromatic carbocycles. The van der Waals surface area contributed by atoms with E-state index in [2.05, 4.69) is 13.8 Å². The Labute approximate surface area is 125 Å². The third-order valence-electron chi connectivity index (χ3n) is 3.09. The van der Waals surface area contributed by atoms with E-state index < -0.39 is 0 Å². The Hall–Kier alpha value is -1.80. The van der Waals surface area contributed by atoms with Crippen molar-refractivity contribution in [2.45, 2.75) is 21.3 Å². The van der Waals surface area contributed by atoms with Crippen molar-refractivity contribution in [3.63, 3.8) is 0 Å². The highest BCUT2D eigenvalue weighted by molar-refractivity contribution is 6.31. The standard InChI is InChI=1S/C16H14ClNO.CH4/c1-10(2)16-12-9-11(17)7-8-14(12)19-15-6-4-3-5-13(15)18-16;/h3-10H,1-2H3;1H4. The van der Waals surface area contributed by atoms with E-state index in [1.165, 1.54) is 0 Å². The summed E-state index contributed by atoms with van der Waals surface area (Å²) in [6.07, 6.45) is 0. The van der Waals surface area contributed by atoms with Crippen molar-refractivity contribution in [3.05, 3.63) is 53.1 Å². The molecule has 0 saturated carbocycles. The summed E-state index contributed by atoms with van der Waals surface area (Å²) < 4.78 is 5.96. The van der Waals surface area contributed by atoms with E-state index >= 15 is 0 Å². The average Bonchev–Trinajstić information content (AvgIpc) is 2.55. The third-order valence-corrected chi connectivity index (χ3v) is 3.33. The molecule has 0 aromatic heterocycles. The number of aliphatic imine (C=N–C) groups is 1. The second-order valence-corrected chi connectivity index (χ2v) is 5.30. The largest absolute Gasteiger partial charge is 0.454 e. The minimum absolute atomic E-state index is 0. The predicted molar refractivity (Wildman–Crippen MR) is 85.7 cm³/mol. The monoisotopic (exact) mass is 287 g/mol. The molecule has 0 spiro atoms. The molecule has 104 valence electrons. The van der Waals surface area contributed by atoms with Crippen molar-refractivity contribution in [2.75, 3.05) is 0 Å². The summed E-state index contributed by atoms with van der Waals surface area (Å²) in [4.78, 5) is 4.75. The van der Waals surface area contributed by atoms with Gasteiger partial charge in [0, 0.05) is 10.6 Å². The lowest BCUT2D eigenvalue weighted by Gasteiger charge is -2.12. The lowest BCUT2D eigenvalue weighted by atomic mass is 9.99. The minimum Gasteiger partial charge on any atom is -0.454 e.